The summed E-state index contributed by atoms with van der Waals surface area (Å²) in [7, 11) is -0.383. The van der Waals surface area contributed by atoms with Crippen LogP contribution in [0.4, 0.5) is 0 Å². The Hall–Kier alpha value is -0.170. The number of hydrogen-bond acceptors (Lipinski definition) is 3. The summed E-state index contributed by atoms with van der Waals surface area (Å²) in [6, 6.07) is 0. The van der Waals surface area contributed by atoms with Gasteiger partial charge in [0.1, 0.15) is 0 Å². The van der Waals surface area contributed by atoms with Crippen LogP contribution in [-0.4, -0.2) is 55.9 Å². The molecule has 0 heterocycles. The summed E-state index contributed by atoms with van der Waals surface area (Å²) in [5, 5.41) is 8.76. The number of unbranched alkanes of at least 4 members (excludes halogenated alkanes) is 1. The average molecular weight is 224 g/mol. The molecule has 0 spiro atoms. The SMILES string of the molecule is CCCCN(CCO)S(=O)(=O)N(C)C. The summed E-state index contributed by atoms with van der Waals surface area (Å²) in [6.07, 6.45) is 1.75. The van der Waals surface area contributed by atoms with Crippen LogP contribution in [0.3, 0.4) is 0 Å². The van der Waals surface area contributed by atoms with Crippen molar-refractivity contribution in [3.63, 3.8) is 0 Å². The smallest absolute Gasteiger partial charge is 0.281 e. The monoisotopic (exact) mass is 224 g/mol. The van der Waals surface area contributed by atoms with Crippen molar-refractivity contribution in [2.45, 2.75) is 19.8 Å². The van der Waals surface area contributed by atoms with E-state index in [4.69, 9.17) is 5.11 Å². The second-order valence-electron chi connectivity index (χ2n) is 3.27. The number of aliphatic hydroxyl groups excluding tert-OH is 1. The molecule has 0 aliphatic heterocycles. The van der Waals surface area contributed by atoms with Crippen LogP contribution < -0.4 is 0 Å². The topological polar surface area (TPSA) is 60.9 Å². The molecule has 0 aliphatic rings. The lowest BCUT2D eigenvalue weighted by atomic mass is 10.3. The normalized spacial score (nSPS) is 12.7. The molecule has 0 aliphatic carbocycles. The Labute approximate surface area is 86.5 Å². The first-order chi connectivity index (χ1) is 6.46. The van der Waals surface area contributed by atoms with E-state index in [0.717, 1.165) is 12.8 Å². The molecule has 0 unspecified atom stereocenters. The summed E-state index contributed by atoms with van der Waals surface area (Å²) in [5.74, 6) is 0. The largest absolute Gasteiger partial charge is 0.395 e. The fourth-order valence-corrected chi connectivity index (χ4v) is 2.15. The molecule has 0 bridgehead atoms. The number of hydrogen-bond donors (Lipinski definition) is 1. The van der Waals surface area contributed by atoms with Crippen LogP contribution in [0.25, 0.3) is 0 Å². The summed E-state index contributed by atoms with van der Waals surface area (Å²) < 4.78 is 25.8. The van der Waals surface area contributed by atoms with Crippen LogP contribution in [0, 0.1) is 0 Å². The Bertz CT molecular complexity index is 239. The Morgan fingerprint density at radius 1 is 1.21 bits per heavy atom. The maximum absolute atomic E-state index is 11.7. The van der Waals surface area contributed by atoms with E-state index >= 15 is 0 Å². The van der Waals surface area contributed by atoms with Gasteiger partial charge in [0.05, 0.1) is 6.61 Å². The average Bonchev–Trinajstić information content (AvgIpc) is 2.11. The van der Waals surface area contributed by atoms with Crippen LogP contribution in [0.15, 0.2) is 0 Å². The van der Waals surface area contributed by atoms with E-state index in [1.807, 2.05) is 6.92 Å². The molecule has 0 aromatic rings. The zero-order valence-corrected chi connectivity index (χ0v) is 9.92. The fraction of sp³-hybridized carbons (Fsp3) is 1.00. The predicted molar refractivity (Wildman–Crippen MR) is 56.2 cm³/mol. The van der Waals surface area contributed by atoms with Crippen molar-refractivity contribution in [3.8, 4) is 0 Å². The van der Waals surface area contributed by atoms with Crippen LogP contribution in [0.5, 0.6) is 0 Å². The molecule has 1 N–H and O–H groups in total. The lowest BCUT2D eigenvalue weighted by molar-refractivity contribution is 0.247. The highest BCUT2D eigenvalue weighted by molar-refractivity contribution is 7.86. The standard InChI is InChI=1S/C8H20N2O3S/c1-4-5-6-10(7-8-11)14(12,13)9(2)3/h11H,4-8H2,1-3H3. The Morgan fingerprint density at radius 2 is 1.79 bits per heavy atom. The van der Waals surface area contributed by atoms with E-state index in [0.29, 0.717) is 6.54 Å². The number of rotatable bonds is 7. The van der Waals surface area contributed by atoms with E-state index < -0.39 is 10.2 Å². The number of nitrogens with zero attached hydrogens (tertiary/aromatic N) is 2. The molecule has 0 fully saturated rings. The van der Waals surface area contributed by atoms with E-state index in [9.17, 15) is 8.42 Å². The predicted octanol–water partition coefficient (Wildman–Crippen LogP) is -0.113. The van der Waals surface area contributed by atoms with Gasteiger partial charge in [-0.25, -0.2) is 0 Å². The van der Waals surface area contributed by atoms with E-state index in [2.05, 4.69) is 0 Å². The lowest BCUT2D eigenvalue weighted by Crippen LogP contribution is -2.42. The molecule has 0 rings (SSSR count). The first-order valence-electron chi connectivity index (χ1n) is 4.75. The van der Waals surface area contributed by atoms with Crippen molar-refractivity contribution in [2.75, 3.05) is 33.8 Å². The summed E-state index contributed by atoms with van der Waals surface area (Å²) in [4.78, 5) is 0. The van der Waals surface area contributed by atoms with Crippen molar-refractivity contribution in [1.82, 2.24) is 8.61 Å². The summed E-state index contributed by atoms with van der Waals surface area (Å²) in [6.45, 7) is 2.49. The second kappa shape index (κ2) is 6.34. The molecule has 0 aromatic carbocycles. The highest BCUT2D eigenvalue weighted by Crippen LogP contribution is 2.05. The molecule has 0 atom stereocenters. The van der Waals surface area contributed by atoms with Gasteiger partial charge in [-0.15, -0.1) is 0 Å². The fourth-order valence-electron chi connectivity index (χ4n) is 1.02. The molecule has 0 amide bonds. The van der Waals surface area contributed by atoms with Gasteiger partial charge in [0.25, 0.3) is 10.2 Å². The lowest BCUT2D eigenvalue weighted by Gasteiger charge is -2.24. The molecular formula is C8H20N2O3S. The Morgan fingerprint density at radius 3 is 2.14 bits per heavy atom. The summed E-state index contributed by atoms with van der Waals surface area (Å²) in [5.41, 5.74) is 0. The van der Waals surface area contributed by atoms with Crippen molar-refractivity contribution in [3.05, 3.63) is 0 Å². The third-order valence-electron chi connectivity index (χ3n) is 1.90. The Kier molecular flexibility index (Phi) is 6.26. The van der Waals surface area contributed by atoms with Gasteiger partial charge in [-0.05, 0) is 6.42 Å². The third kappa shape index (κ3) is 3.91. The van der Waals surface area contributed by atoms with Gasteiger partial charge >= 0.3 is 0 Å². The van der Waals surface area contributed by atoms with Gasteiger partial charge in [-0.1, -0.05) is 13.3 Å². The van der Waals surface area contributed by atoms with Crippen LogP contribution in [-0.2, 0) is 10.2 Å². The minimum absolute atomic E-state index is 0.142. The third-order valence-corrected chi connectivity index (χ3v) is 3.84. The van der Waals surface area contributed by atoms with E-state index in [1.165, 1.54) is 22.7 Å². The van der Waals surface area contributed by atoms with Crippen LogP contribution in [0.2, 0.25) is 0 Å². The van der Waals surface area contributed by atoms with Crippen LogP contribution >= 0.6 is 0 Å². The minimum atomic E-state index is -3.37. The highest BCUT2D eigenvalue weighted by Gasteiger charge is 2.22. The molecule has 0 saturated heterocycles. The zero-order valence-electron chi connectivity index (χ0n) is 9.10. The Balaban J connectivity index is 4.47. The molecule has 0 aromatic heterocycles. The van der Waals surface area contributed by atoms with Crippen molar-refractivity contribution in [2.24, 2.45) is 0 Å². The molecule has 5 nitrogen and oxygen atoms in total. The number of aliphatic hydroxyl groups is 1. The molecule has 0 saturated carbocycles. The van der Waals surface area contributed by atoms with E-state index in [1.54, 1.807) is 0 Å². The zero-order chi connectivity index (χ0) is 11.2. The van der Waals surface area contributed by atoms with Crippen molar-refractivity contribution >= 4 is 10.2 Å². The van der Waals surface area contributed by atoms with Gasteiger partial charge in [0.15, 0.2) is 0 Å². The van der Waals surface area contributed by atoms with Crippen molar-refractivity contribution in [1.29, 1.82) is 0 Å². The van der Waals surface area contributed by atoms with Crippen LogP contribution in [0.1, 0.15) is 19.8 Å². The first kappa shape index (κ1) is 13.8. The van der Waals surface area contributed by atoms with Crippen molar-refractivity contribution < 1.29 is 13.5 Å². The minimum Gasteiger partial charge on any atom is -0.395 e. The van der Waals surface area contributed by atoms with Gasteiger partial charge in [-0.2, -0.15) is 17.0 Å². The van der Waals surface area contributed by atoms with Gasteiger partial charge < -0.3 is 5.11 Å². The summed E-state index contributed by atoms with van der Waals surface area (Å²) >= 11 is 0. The molecule has 6 heteroatoms. The molecule has 14 heavy (non-hydrogen) atoms. The molecular weight excluding hydrogens is 204 g/mol. The van der Waals surface area contributed by atoms with Gasteiger partial charge in [-0.3, -0.25) is 0 Å². The maximum Gasteiger partial charge on any atom is 0.281 e. The quantitative estimate of drug-likeness (QED) is 0.656. The van der Waals surface area contributed by atoms with Gasteiger partial charge in [0, 0.05) is 27.2 Å². The maximum atomic E-state index is 11.7. The van der Waals surface area contributed by atoms with Gasteiger partial charge in [0.2, 0.25) is 0 Å². The first-order valence-corrected chi connectivity index (χ1v) is 6.15. The molecule has 0 radical (unpaired) electrons. The second-order valence-corrected chi connectivity index (χ2v) is 5.41. The highest BCUT2D eigenvalue weighted by atomic mass is 32.2. The van der Waals surface area contributed by atoms with E-state index in [-0.39, 0.29) is 13.2 Å². The molecule has 86 valence electrons.